The molecule has 2 fully saturated rings. The smallest absolute Gasteiger partial charge is 0.319 e. The number of nitrogens with zero attached hydrogens (tertiary/aromatic N) is 4. The van der Waals surface area contributed by atoms with Gasteiger partial charge in [-0.3, -0.25) is 9.80 Å². The number of amides is 2. The third-order valence-corrected chi connectivity index (χ3v) is 7.01. The summed E-state index contributed by atoms with van der Waals surface area (Å²) in [5.74, 6) is 1.84. The Bertz CT molecular complexity index is 960. The highest BCUT2D eigenvalue weighted by Crippen LogP contribution is 2.41. The summed E-state index contributed by atoms with van der Waals surface area (Å²) in [6.07, 6.45) is 0.890. The largest absolute Gasteiger partial charge is 0.457 e. The molecule has 7 heteroatoms. The Labute approximate surface area is 188 Å². The van der Waals surface area contributed by atoms with E-state index in [1.807, 2.05) is 36.2 Å². The number of fused-ring (bicyclic) bond motifs is 2. The van der Waals surface area contributed by atoms with Gasteiger partial charge in [-0.25, -0.2) is 4.79 Å². The van der Waals surface area contributed by atoms with Gasteiger partial charge in [-0.05, 0) is 36.2 Å². The van der Waals surface area contributed by atoms with Crippen molar-refractivity contribution in [2.45, 2.75) is 12.5 Å². The van der Waals surface area contributed by atoms with Crippen molar-refractivity contribution in [2.75, 3.05) is 59.4 Å². The molecule has 3 heterocycles. The van der Waals surface area contributed by atoms with Crippen LogP contribution in [-0.4, -0.2) is 85.0 Å². The predicted molar refractivity (Wildman–Crippen MR) is 122 cm³/mol. The van der Waals surface area contributed by atoms with Gasteiger partial charge in [0.15, 0.2) is 0 Å². The van der Waals surface area contributed by atoms with E-state index in [4.69, 9.17) is 16.3 Å². The van der Waals surface area contributed by atoms with Crippen LogP contribution in [0.1, 0.15) is 17.2 Å². The topological polar surface area (TPSA) is 39.3 Å². The van der Waals surface area contributed by atoms with E-state index < -0.39 is 0 Å². The molecule has 5 rings (SSSR count). The van der Waals surface area contributed by atoms with Gasteiger partial charge in [0, 0.05) is 76.0 Å². The molecule has 3 aliphatic rings. The molecule has 0 aliphatic carbocycles. The minimum atomic E-state index is 0.158. The van der Waals surface area contributed by atoms with Crippen LogP contribution in [0.4, 0.5) is 4.79 Å². The Morgan fingerprint density at radius 1 is 0.968 bits per heavy atom. The van der Waals surface area contributed by atoms with Gasteiger partial charge >= 0.3 is 6.03 Å². The molecule has 0 radical (unpaired) electrons. The number of hydrogen-bond acceptors (Lipinski definition) is 4. The maximum atomic E-state index is 12.1. The number of likely N-dealkylation sites (N-methyl/N-ethyl adjacent to an activating group) is 1. The summed E-state index contributed by atoms with van der Waals surface area (Å²) in [4.78, 5) is 20.9. The molecule has 2 aromatic carbocycles. The maximum Gasteiger partial charge on any atom is 0.319 e. The van der Waals surface area contributed by atoms with E-state index in [0.717, 1.165) is 80.9 Å². The monoisotopic (exact) mass is 440 g/mol. The SMILES string of the molecule is CN1CCN(CCN2CCN(C3Cc4cc(Cl)ccc4Oc4ccccc43)CC2)C1=O. The summed E-state index contributed by atoms with van der Waals surface area (Å²) < 4.78 is 6.28. The van der Waals surface area contributed by atoms with E-state index in [0.29, 0.717) is 0 Å². The first-order valence-electron chi connectivity index (χ1n) is 11.1. The van der Waals surface area contributed by atoms with Crippen LogP contribution in [-0.2, 0) is 6.42 Å². The van der Waals surface area contributed by atoms with Crippen LogP contribution in [0.3, 0.4) is 0 Å². The molecule has 1 unspecified atom stereocenters. The van der Waals surface area contributed by atoms with Crippen molar-refractivity contribution < 1.29 is 9.53 Å². The van der Waals surface area contributed by atoms with Crippen LogP contribution in [0.2, 0.25) is 5.02 Å². The third kappa shape index (κ3) is 4.25. The number of carbonyl (C=O) groups is 1. The van der Waals surface area contributed by atoms with Crippen LogP contribution >= 0.6 is 11.6 Å². The lowest BCUT2D eigenvalue weighted by atomic mass is 9.96. The Balaban J connectivity index is 1.26. The van der Waals surface area contributed by atoms with Crippen molar-refractivity contribution in [3.8, 4) is 11.5 Å². The quantitative estimate of drug-likeness (QED) is 0.726. The van der Waals surface area contributed by atoms with Crippen LogP contribution < -0.4 is 4.74 Å². The van der Waals surface area contributed by atoms with Gasteiger partial charge in [-0.15, -0.1) is 0 Å². The highest BCUT2D eigenvalue weighted by atomic mass is 35.5. The molecule has 1 atom stereocenters. The Hall–Kier alpha value is -2.28. The standard InChI is InChI=1S/C24H29ClN4O2/c1-26-8-12-29(24(26)30)15-11-27-9-13-28(14-10-27)21-17-18-16-19(25)6-7-22(18)31-23-5-3-2-4-20(21)23/h2-7,16,21H,8-15,17H2,1H3. The normalized spacial score (nSPS) is 22.1. The number of para-hydroxylation sites is 1. The van der Waals surface area contributed by atoms with Crippen LogP contribution in [0.25, 0.3) is 0 Å². The van der Waals surface area contributed by atoms with Crippen LogP contribution in [0, 0.1) is 0 Å². The van der Waals surface area contributed by atoms with Crippen molar-refractivity contribution in [3.63, 3.8) is 0 Å². The van der Waals surface area contributed by atoms with Gasteiger partial charge in [0.2, 0.25) is 0 Å². The molecule has 2 saturated heterocycles. The molecule has 0 bridgehead atoms. The molecule has 6 nitrogen and oxygen atoms in total. The summed E-state index contributed by atoms with van der Waals surface area (Å²) in [5.41, 5.74) is 2.40. The number of urea groups is 1. The van der Waals surface area contributed by atoms with Gasteiger partial charge in [0.25, 0.3) is 0 Å². The lowest BCUT2D eigenvalue weighted by Gasteiger charge is -2.39. The molecule has 3 aliphatic heterocycles. The molecule has 0 N–H and O–H groups in total. The Morgan fingerprint density at radius 3 is 2.55 bits per heavy atom. The number of carbonyl (C=O) groups excluding carboxylic acids is 1. The maximum absolute atomic E-state index is 12.1. The van der Waals surface area contributed by atoms with E-state index in [2.05, 4.69) is 28.0 Å². The zero-order valence-corrected chi connectivity index (χ0v) is 18.7. The van der Waals surface area contributed by atoms with E-state index in [9.17, 15) is 4.79 Å². The van der Waals surface area contributed by atoms with E-state index in [-0.39, 0.29) is 12.1 Å². The first-order chi connectivity index (χ1) is 15.1. The molecule has 31 heavy (non-hydrogen) atoms. The number of rotatable bonds is 4. The zero-order chi connectivity index (χ0) is 21.4. The molecule has 2 aromatic rings. The van der Waals surface area contributed by atoms with E-state index in [1.54, 1.807) is 4.90 Å². The van der Waals surface area contributed by atoms with Gasteiger partial charge in [0.05, 0.1) is 0 Å². The van der Waals surface area contributed by atoms with Crippen molar-refractivity contribution in [1.29, 1.82) is 0 Å². The number of hydrogen-bond donors (Lipinski definition) is 0. The second kappa shape index (κ2) is 8.69. The predicted octanol–water partition coefficient (Wildman–Crippen LogP) is 3.71. The summed E-state index contributed by atoms with van der Waals surface area (Å²) in [7, 11) is 1.88. The van der Waals surface area contributed by atoms with Gasteiger partial charge < -0.3 is 14.5 Å². The summed E-state index contributed by atoms with van der Waals surface area (Å²) in [6, 6.07) is 14.7. The zero-order valence-electron chi connectivity index (χ0n) is 18.0. The number of ether oxygens (including phenoxy) is 1. The van der Waals surface area contributed by atoms with Crippen molar-refractivity contribution in [1.82, 2.24) is 19.6 Å². The van der Waals surface area contributed by atoms with Gasteiger partial charge in [-0.2, -0.15) is 0 Å². The average Bonchev–Trinajstić information content (AvgIpc) is 3.01. The summed E-state index contributed by atoms with van der Waals surface area (Å²) >= 11 is 6.29. The first kappa shape index (κ1) is 20.6. The molecule has 0 aromatic heterocycles. The minimum Gasteiger partial charge on any atom is -0.457 e. The fourth-order valence-electron chi connectivity index (χ4n) is 4.89. The van der Waals surface area contributed by atoms with Gasteiger partial charge in [-0.1, -0.05) is 29.8 Å². The second-order valence-electron chi connectivity index (χ2n) is 8.68. The Morgan fingerprint density at radius 2 is 1.77 bits per heavy atom. The molecule has 0 saturated carbocycles. The Kier molecular flexibility index (Phi) is 5.78. The third-order valence-electron chi connectivity index (χ3n) is 6.77. The number of piperazine rings is 1. The van der Waals surface area contributed by atoms with Crippen LogP contribution in [0.5, 0.6) is 11.5 Å². The van der Waals surface area contributed by atoms with Crippen molar-refractivity contribution >= 4 is 17.6 Å². The highest BCUT2D eigenvalue weighted by molar-refractivity contribution is 6.30. The lowest BCUT2D eigenvalue weighted by molar-refractivity contribution is 0.0908. The highest BCUT2D eigenvalue weighted by Gasteiger charge is 2.31. The van der Waals surface area contributed by atoms with Crippen molar-refractivity contribution in [3.05, 3.63) is 58.6 Å². The molecular formula is C24H29ClN4O2. The van der Waals surface area contributed by atoms with E-state index >= 15 is 0 Å². The fourth-order valence-corrected chi connectivity index (χ4v) is 5.08. The second-order valence-corrected chi connectivity index (χ2v) is 9.12. The van der Waals surface area contributed by atoms with Gasteiger partial charge in [0.1, 0.15) is 11.5 Å². The molecule has 2 amide bonds. The number of benzene rings is 2. The molecule has 0 spiro atoms. The number of halogens is 1. The minimum absolute atomic E-state index is 0.158. The lowest BCUT2D eigenvalue weighted by Crippen LogP contribution is -2.49. The molecule has 164 valence electrons. The molecular weight excluding hydrogens is 412 g/mol. The van der Waals surface area contributed by atoms with Crippen molar-refractivity contribution in [2.24, 2.45) is 0 Å². The fraction of sp³-hybridized carbons (Fsp3) is 0.458. The summed E-state index contributed by atoms with van der Waals surface area (Å²) in [6.45, 7) is 7.47. The van der Waals surface area contributed by atoms with Crippen LogP contribution in [0.15, 0.2) is 42.5 Å². The summed E-state index contributed by atoms with van der Waals surface area (Å²) in [5, 5.41) is 0.749. The first-order valence-corrected chi connectivity index (χ1v) is 11.5. The van der Waals surface area contributed by atoms with E-state index in [1.165, 1.54) is 5.56 Å². The average molecular weight is 441 g/mol.